The van der Waals surface area contributed by atoms with Gasteiger partial charge in [0.1, 0.15) is 0 Å². The van der Waals surface area contributed by atoms with Crippen LogP contribution >= 0.6 is 0 Å². The van der Waals surface area contributed by atoms with Crippen LogP contribution in [0, 0.1) is 19.8 Å². The summed E-state index contributed by atoms with van der Waals surface area (Å²) >= 11 is 0. The van der Waals surface area contributed by atoms with Gasteiger partial charge < -0.3 is 10.2 Å². The second-order valence-electron chi connectivity index (χ2n) is 5.48. The lowest BCUT2D eigenvalue weighted by atomic mass is 9.94. The fraction of sp³-hybridized carbons (Fsp3) is 0.692. The van der Waals surface area contributed by atoms with Crippen molar-refractivity contribution in [3.63, 3.8) is 0 Å². The van der Waals surface area contributed by atoms with Crippen LogP contribution < -0.4 is 5.32 Å². The third-order valence-corrected chi connectivity index (χ3v) is 4.23. The van der Waals surface area contributed by atoms with E-state index in [4.69, 9.17) is 0 Å². The summed E-state index contributed by atoms with van der Waals surface area (Å²) in [5, 5.41) is 10.5. The van der Waals surface area contributed by atoms with Gasteiger partial charge in [-0.05, 0) is 39.2 Å². The van der Waals surface area contributed by atoms with Crippen molar-refractivity contribution < 1.29 is 4.79 Å². The molecular weight excluding hydrogens is 228 g/mol. The van der Waals surface area contributed by atoms with Crippen LogP contribution in [0.25, 0.3) is 0 Å². The fourth-order valence-corrected chi connectivity index (χ4v) is 3.24. The molecule has 18 heavy (non-hydrogen) atoms. The zero-order valence-electron chi connectivity index (χ0n) is 11.0. The standard InChI is InChI=1S/C13H20N4O/c1-8-12(9(2)16-15-8)13(18)17-6-10-4-3-5-14-11(10)7-17/h10-11,14H,3-7H2,1-2H3,(H,15,16)/t10-,11+/m0/s1. The molecule has 3 rings (SSSR count). The number of aryl methyl sites for hydroxylation is 2. The van der Waals surface area contributed by atoms with Gasteiger partial charge in [0.2, 0.25) is 0 Å². The molecule has 2 aliphatic heterocycles. The van der Waals surface area contributed by atoms with E-state index in [-0.39, 0.29) is 5.91 Å². The molecule has 1 amide bonds. The molecule has 0 radical (unpaired) electrons. The third kappa shape index (κ3) is 1.82. The average molecular weight is 248 g/mol. The predicted molar refractivity (Wildman–Crippen MR) is 68.5 cm³/mol. The molecule has 0 unspecified atom stereocenters. The van der Waals surface area contributed by atoms with Gasteiger partial charge in [-0.1, -0.05) is 0 Å². The van der Waals surface area contributed by atoms with Crippen molar-refractivity contribution in [2.24, 2.45) is 5.92 Å². The maximum Gasteiger partial charge on any atom is 0.257 e. The van der Waals surface area contributed by atoms with Crippen LogP contribution in [0.3, 0.4) is 0 Å². The fourth-order valence-electron chi connectivity index (χ4n) is 3.24. The Hall–Kier alpha value is -1.36. The van der Waals surface area contributed by atoms with Gasteiger partial charge >= 0.3 is 0 Å². The number of hydrogen-bond acceptors (Lipinski definition) is 3. The number of nitrogens with one attached hydrogen (secondary N) is 2. The van der Waals surface area contributed by atoms with E-state index < -0.39 is 0 Å². The molecule has 0 aromatic carbocycles. The van der Waals surface area contributed by atoms with Gasteiger partial charge in [0.25, 0.3) is 5.91 Å². The van der Waals surface area contributed by atoms with Gasteiger partial charge in [-0.2, -0.15) is 5.10 Å². The van der Waals surface area contributed by atoms with E-state index >= 15 is 0 Å². The van der Waals surface area contributed by atoms with E-state index in [1.54, 1.807) is 0 Å². The number of hydrogen-bond donors (Lipinski definition) is 2. The lowest BCUT2D eigenvalue weighted by Gasteiger charge is -2.24. The summed E-state index contributed by atoms with van der Waals surface area (Å²) in [6.45, 7) is 6.62. The Bertz CT molecular complexity index is 434. The number of likely N-dealkylation sites (tertiary alicyclic amines) is 1. The second kappa shape index (κ2) is 4.39. The highest BCUT2D eigenvalue weighted by atomic mass is 16.2. The smallest absolute Gasteiger partial charge is 0.257 e. The Balaban J connectivity index is 1.78. The highest BCUT2D eigenvalue weighted by Crippen LogP contribution is 2.26. The molecular formula is C13H20N4O. The number of piperidine rings is 1. The minimum Gasteiger partial charge on any atom is -0.337 e. The number of carbonyl (C=O) groups is 1. The molecule has 98 valence electrons. The molecule has 0 saturated carbocycles. The zero-order valence-corrected chi connectivity index (χ0v) is 11.0. The number of aromatic nitrogens is 2. The molecule has 2 saturated heterocycles. The summed E-state index contributed by atoms with van der Waals surface area (Å²) in [6, 6.07) is 0.496. The number of amides is 1. The topological polar surface area (TPSA) is 61.0 Å². The SMILES string of the molecule is Cc1n[nH]c(C)c1C(=O)N1C[C@@H]2CCCN[C@@H]2C1. The quantitative estimate of drug-likeness (QED) is 0.774. The molecule has 5 heteroatoms. The van der Waals surface area contributed by atoms with Crippen molar-refractivity contribution in [3.8, 4) is 0 Å². The summed E-state index contributed by atoms with van der Waals surface area (Å²) in [5.41, 5.74) is 2.44. The molecule has 2 atom stereocenters. The molecule has 3 heterocycles. The minimum absolute atomic E-state index is 0.134. The first kappa shape index (κ1) is 11.7. The molecule has 2 aliphatic rings. The molecule has 2 fully saturated rings. The Morgan fingerprint density at radius 2 is 2.22 bits per heavy atom. The van der Waals surface area contributed by atoms with Gasteiger partial charge in [0.05, 0.1) is 11.3 Å². The average Bonchev–Trinajstić information content (AvgIpc) is 2.92. The van der Waals surface area contributed by atoms with Gasteiger partial charge in [-0.3, -0.25) is 9.89 Å². The Morgan fingerprint density at radius 3 is 2.89 bits per heavy atom. The highest BCUT2D eigenvalue weighted by molar-refractivity contribution is 5.96. The van der Waals surface area contributed by atoms with E-state index in [1.807, 2.05) is 18.7 Å². The first-order valence-electron chi connectivity index (χ1n) is 6.71. The molecule has 0 aliphatic carbocycles. The van der Waals surface area contributed by atoms with E-state index in [9.17, 15) is 4.79 Å². The maximum atomic E-state index is 12.5. The monoisotopic (exact) mass is 248 g/mol. The first-order chi connectivity index (χ1) is 8.66. The van der Waals surface area contributed by atoms with E-state index in [0.29, 0.717) is 12.0 Å². The number of nitrogens with zero attached hydrogens (tertiary/aromatic N) is 2. The van der Waals surface area contributed by atoms with Crippen LogP contribution in [-0.4, -0.2) is 46.7 Å². The van der Waals surface area contributed by atoms with Gasteiger partial charge in [-0.15, -0.1) is 0 Å². The van der Waals surface area contributed by atoms with Gasteiger partial charge in [0.15, 0.2) is 0 Å². The number of carbonyl (C=O) groups excluding carboxylic acids is 1. The largest absolute Gasteiger partial charge is 0.337 e. The number of rotatable bonds is 1. The second-order valence-corrected chi connectivity index (χ2v) is 5.48. The van der Waals surface area contributed by atoms with E-state index in [0.717, 1.165) is 36.6 Å². The Labute approximate surface area is 107 Å². The third-order valence-electron chi connectivity index (χ3n) is 4.23. The van der Waals surface area contributed by atoms with Crippen molar-refractivity contribution in [1.29, 1.82) is 0 Å². The molecule has 0 bridgehead atoms. The Kier molecular flexibility index (Phi) is 2.86. The summed E-state index contributed by atoms with van der Waals surface area (Å²) in [7, 11) is 0. The Morgan fingerprint density at radius 1 is 1.39 bits per heavy atom. The molecule has 1 aromatic rings. The van der Waals surface area contributed by atoms with Crippen molar-refractivity contribution in [2.75, 3.05) is 19.6 Å². The summed E-state index contributed by atoms with van der Waals surface area (Å²) in [5.74, 6) is 0.769. The van der Waals surface area contributed by atoms with E-state index in [1.165, 1.54) is 12.8 Å². The van der Waals surface area contributed by atoms with Crippen LogP contribution in [0.1, 0.15) is 34.6 Å². The first-order valence-corrected chi connectivity index (χ1v) is 6.71. The number of fused-ring (bicyclic) bond motifs is 1. The summed E-state index contributed by atoms with van der Waals surface area (Å²) in [4.78, 5) is 14.5. The number of H-pyrrole nitrogens is 1. The molecule has 1 aromatic heterocycles. The predicted octanol–water partition coefficient (Wildman–Crippen LogP) is 0.851. The molecule has 5 nitrogen and oxygen atoms in total. The lowest BCUT2D eigenvalue weighted by molar-refractivity contribution is 0.0784. The zero-order chi connectivity index (χ0) is 12.7. The van der Waals surface area contributed by atoms with Gasteiger partial charge in [0, 0.05) is 24.8 Å². The molecule has 2 N–H and O–H groups in total. The number of aromatic amines is 1. The van der Waals surface area contributed by atoms with Crippen molar-refractivity contribution in [3.05, 3.63) is 17.0 Å². The van der Waals surface area contributed by atoms with E-state index in [2.05, 4.69) is 15.5 Å². The van der Waals surface area contributed by atoms with Crippen molar-refractivity contribution in [1.82, 2.24) is 20.4 Å². The van der Waals surface area contributed by atoms with Crippen molar-refractivity contribution >= 4 is 5.91 Å². The normalized spacial score (nSPS) is 27.3. The maximum absolute atomic E-state index is 12.5. The van der Waals surface area contributed by atoms with Crippen LogP contribution in [0.4, 0.5) is 0 Å². The van der Waals surface area contributed by atoms with Crippen LogP contribution in [0.5, 0.6) is 0 Å². The molecule has 0 spiro atoms. The van der Waals surface area contributed by atoms with Crippen LogP contribution in [0.15, 0.2) is 0 Å². The van der Waals surface area contributed by atoms with Crippen LogP contribution in [0.2, 0.25) is 0 Å². The van der Waals surface area contributed by atoms with Crippen molar-refractivity contribution in [2.45, 2.75) is 32.7 Å². The highest BCUT2D eigenvalue weighted by Gasteiger charge is 2.37. The minimum atomic E-state index is 0.134. The lowest BCUT2D eigenvalue weighted by Crippen LogP contribution is -2.41. The van der Waals surface area contributed by atoms with Gasteiger partial charge in [-0.25, -0.2) is 0 Å². The summed E-state index contributed by atoms with van der Waals surface area (Å²) < 4.78 is 0. The summed E-state index contributed by atoms with van der Waals surface area (Å²) in [6.07, 6.45) is 2.47. The van der Waals surface area contributed by atoms with Crippen LogP contribution in [-0.2, 0) is 0 Å².